The van der Waals surface area contributed by atoms with Crippen molar-refractivity contribution in [2.24, 2.45) is 0 Å². The van der Waals surface area contributed by atoms with Gasteiger partial charge in [-0.25, -0.2) is 0 Å². The summed E-state index contributed by atoms with van der Waals surface area (Å²) in [6.07, 6.45) is 0. The fourth-order valence-corrected chi connectivity index (χ4v) is 2.97. The molecule has 3 nitrogen and oxygen atoms in total. The van der Waals surface area contributed by atoms with Gasteiger partial charge in [0.2, 0.25) is 5.91 Å². The number of hydrogen-bond acceptors (Lipinski definition) is 2. The van der Waals surface area contributed by atoms with Crippen LogP contribution in [-0.4, -0.2) is 19.0 Å². The molecule has 0 bridgehead atoms. The zero-order chi connectivity index (χ0) is 17.7. The lowest BCUT2D eigenvalue weighted by Gasteiger charge is -2.23. The molecule has 128 valence electrons. The Kier molecular flexibility index (Phi) is 6.02. The molecule has 1 N–H and O–H groups in total. The molecule has 0 fully saturated rings. The van der Waals surface area contributed by atoms with Gasteiger partial charge in [0.05, 0.1) is 6.54 Å². The zero-order valence-electron chi connectivity index (χ0n) is 15.4. The molecule has 0 unspecified atom stereocenters. The third-order valence-electron chi connectivity index (χ3n) is 4.27. The van der Waals surface area contributed by atoms with Crippen molar-refractivity contribution < 1.29 is 4.79 Å². The lowest BCUT2D eigenvalue weighted by molar-refractivity contribution is -0.116. The fraction of sp³-hybridized carbons (Fsp3) is 0.381. The Hall–Kier alpha value is -2.29. The van der Waals surface area contributed by atoms with Gasteiger partial charge in [-0.05, 0) is 55.5 Å². The first kappa shape index (κ1) is 18.1. The molecule has 0 aromatic heterocycles. The predicted octanol–water partition coefficient (Wildman–Crippen LogP) is 4.89. The number of carbonyl (C=O) groups is 1. The monoisotopic (exact) mass is 324 g/mol. The summed E-state index contributed by atoms with van der Waals surface area (Å²) in [6.45, 7) is 11.4. The largest absolute Gasteiger partial charge is 0.376 e. The standard InChI is InChI=1S/C21H28N2O/c1-6-23(18-11-7-9-16(4)13-18)20(24)14-22-21-17(5)10-8-12-19(21)15(2)3/h7-13,15,22H,6,14H2,1-5H3. The highest BCUT2D eigenvalue weighted by molar-refractivity contribution is 5.96. The topological polar surface area (TPSA) is 32.3 Å². The van der Waals surface area contributed by atoms with Gasteiger partial charge >= 0.3 is 0 Å². The highest BCUT2D eigenvalue weighted by atomic mass is 16.2. The second-order valence-electron chi connectivity index (χ2n) is 6.52. The number of benzene rings is 2. The van der Waals surface area contributed by atoms with Gasteiger partial charge in [-0.2, -0.15) is 0 Å². The van der Waals surface area contributed by atoms with Crippen LogP contribution in [0.15, 0.2) is 42.5 Å². The Morgan fingerprint density at radius 2 is 1.83 bits per heavy atom. The van der Waals surface area contributed by atoms with Gasteiger partial charge in [-0.1, -0.05) is 44.2 Å². The van der Waals surface area contributed by atoms with E-state index in [0.29, 0.717) is 19.0 Å². The van der Waals surface area contributed by atoms with Crippen molar-refractivity contribution in [3.8, 4) is 0 Å². The number of carbonyl (C=O) groups excluding carboxylic acids is 1. The number of aryl methyl sites for hydroxylation is 2. The number of amides is 1. The van der Waals surface area contributed by atoms with Gasteiger partial charge in [0.15, 0.2) is 0 Å². The van der Waals surface area contributed by atoms with E-state index in [4.69, 9.17) is 0 Å². The molecule has 2 aromatic rings. The van der Waals surface area contributed by atoms with E-state index in [2.05, 4.69) is 50.4 Å². The van der Waals surface area contributed by atoms with E-state index in [0.717, 1.165) is 16.9 Å². The second-order valence-corrected chi connectivity index (χ2v) is 6.52. The molecule has 0 aliphatic heterocycles. The second kappa shape index (κ2) is 8.00. The van der Waals surface area contributed by atoms with Crippen LogP contribution in [0.25, 0.3) is 0 Å². The maximum Gasteiger partial charge on any atom is 0.246 e. The van der Waals surface area contributed by atoms with Crippen molar-refractivity contribution in [3.63, 3.8) is 0 Å². The molecular weight excluding hydrogens is 296 g/mol. The van der Waals surface area contributed by atoms with Crippen molar-refractivity contribution in [3.05, 3.63) is 59.2 Å². The summed E-state index contributed by atoms with van der Waals surface area (Å²) in [7, 11) is 0. The quantitative estimate of drug-likeness (QED) is 0.820. The first-order valence-electron chi connectivity index (χ1n) is 8.64. The Morgan fingerprint density at radius 3 is 2.46 bits per heavy atom. The van der Waals surface area contributed by atoms with Gasteiger partial charge < -0.3 is 10.2 Å². The lowest BCUT2D eigenvalue weighted by Crippen LogP contribution is -2.35. The molecule has 0 aliphatic rings. The van der Waals surface area contributed by atoms with E-state index in [1.807, 2.05) is 36.9 Å². The number of likely N-dealkylation sites (N-methyl/N-ethyl adjacent to an activating group) is 1. The van der Waals surface area contributed by atoms with Crippen LogP contribution in [0.4, 0.5) is 11.4 Å². The van der Waals surface area contributed by atoms with Crippen LogP contribution in [0, 0.1) is 13.8 Å². The van der Waals surface area contributed by atoms with E-state index in [1.165, 1.54) is 11.1 Å². The molecule has 0 heterocycles. The third-order valence-corrected chi connectivity index (χ3v) is 4.27. The van der Waals surface area contributed by atoms with E-state index in [9.17, 15) is 4.79 Å². The summed E-state index contributed by atoms with van der Waals surface area (Å²) in [5.41, 5.74) is 5.63. The SMILES string of the molecule is CCN(C(=O)CNc1c(C)cccc1C(C)C)c1cccc(C)c1. The minimum Gasteiger partial charge on any atom is -0.376 e. The normalized spacial score (nSPS) is 10.8. The molecule has 0 aliphatic carbocycles. The molecule has 0 atom stereocenters. The summed E-state index contributed by atoms with van der Waals surface area (Å²) in [4.78, 5) is 14.5. The predicted molar refractivity (Wildman–Crippen MR) is 103 cm³/mol. The molecule has 1 amide bonds. The van der Waals surface area contributed by atoms with Crippen molar-refractivity contribution in [1.29, 1.82) is 0 Å². The van der Waals surface area contributed by atoms with Crippen LogP contribution in [-0.2, 0) is 4.79 Å². The minimum absolute atomic E-state index is 0.0843. The Morgan fingerprint density at radius 1 is 1.12 bits per heavy atom. The van der Waals surface area contributed by atoms with Crippen LogP contribution in [0.1, 0.15) is 43.4 Å². The summed E-state index contributed by atoms with van der Waals surface area (Å²) in [6, 6.07) is 14.4. The molecule has 0 saturated heterocycles. The Balaban J connectivity index is 2.15. The zero-order valence-corrected chi connectivity index (χ0v) is 15.4. The summed E-state index contributed by atoms with van der Waals surface area (Å²) >= 11 is 0. The third kappa shape index (κ3) is 4.16. The maximum atomic E-state index is 12.7. The van der Waals surface area contributed by atoms with Crippen molar-refractivity contribution in [2.75, 3.05) is 23.3 Å². The number of nitrogens with one attached hydrogen (secondary N) is 1. The van der Waals surface area contributed by atoms with E-state index >= 15 is 0 Å². The maximum absolute atomic E-state index is 12.7. The van der Waals surface area contributed by atoms with Gasteiger partial charge in [-0.3, -0.25) is 4.79 Å². The van der Waals surface area contributed by atoms with Crippen LogP contribution < -0.4 is 10.2 Å². The van der Waals surface area contributed by atoms with Crippen molar-refractivity contribution in [1.82, 2.24) is 0 Å². The highest BCUT2D eigenvalue weighted by Gasteiger charge is 2.15. The summed E-state index contributed by atoms with van der Waals surface area (Å²) < 4.78 is 0. The molecule has 0 saturated carbocycles. The van der Waals surface area contributed by atoms with Crippen molar-refractivity contribution >= 4 is 17.3 Å². The van der Waals surface area contributed by atoms with E-state index in [1.54, 1.807) is 0 Å². The van der Waals surface area contributed by atoms with Gasteiger partial charge in [-0.15, -0.1) is 0 Å². The number of rotatable bonds is 6. The number of nitrogens with zero attached hydrogens (tertiary/aromatic N) is 1. The lowest BCUT2D eigenvalue weighted by atomic mass is 9.98. The molecular formula is C21H28N2O. The number of hydrogen-bond donors (Lipinski definition) is 1. The van der Waals surface area contributed by atoms with Crippen LogP contribution in [0.5, 0.6) is 0 Å². The molecule has 24 heavy (non-hydrogen) atoms. The minimum atomic E-state index is 0.0843. The molecule has 3 heteroatoms. The number of para-hydroxylation sites is 1. The van der Waals surface area contributed by atoms with E-state index in [-0.39, 0.29) is 5.91 Å². The first-order valence-corrected chi connectivity index (χ1v) is 8.64. The molecule has 2 rings (SSSR count). The molecule has 2 aromatic carbocycles. The number of anilines is 2. The summed E-state index contributed by atoms with van der Waals surface area (Å²) in [5, 5.41) is 3.37. The summed E-state index contributed by atoms with van der Waals surface area (Å²) in [5.74, 6) is 0.502. The highest BCUT2D eigenvalue weighted by Crippen LogP contribution is 2.27. The first-order chi connectivity index (χ1) is 11.4. The molecule has 0 spiro atoms. The average Bonchev–Trinajstić information content (AvgIpc) is 2.54. The Bertz CT molecular complexity index is 707. The van der Waals surface area contributed by atoms with Crippen molar-refractivity contribution in [2.45, 2.75) is 40.5 Å². The fourth-order valence-electron chi connectivity index (χ4n) is 2.97. The van der Waals surface area contributed by atoms with Gasteiger partial charge in [0, 0.05) is 17.9 Å². The van der Waals surface area contributed by atoms with Crippen LogP contribution >= 0.6 is 0 Å². The van der Waals surface area contributed by atoms with Crippen LogP contribution in [0.2, 0.25) is 0 Å². The van der Waals surface area contributed by atoms with Crippen LogP contribution in [0.3, 0.4) is 0 Å². The smallest absolute Gasteiger partial charge is 0.246 e. The van der Waals surface area contributed by atoms with E-state index < -0.39 is 0 Å². The Labute approximate surface area is 145 Å². The average molecular weight is 324 g/mol. The van der Waals surface area contributed by atoms with Gasteiger partial charge in [0.1, 0.15) is 0 Å². The molecule has 0 radical (unpaired) electrons. The van der Waals surface area contributed by atoms with Gasteiger partial charge in [0.25, 0.3) is 0 Å².